The van der Waals surface area contributed by atoms with Gasteiger partial charge in [0.15, 0.2) is 12.4 Å². The molecule has 1 aromatic heterocycles. The van der Waals surface area contributed by atoms with Crippen molar-refractivity contribution in [3.63, 3.8) is 0 Å². The van der Waals surface area contributed by atoms with Gasteiger partial charge in [-0.25, -0.2) is 9.09 Å². The smallest absolute Gasteiger partial charge is 0.369 e. The van der Waals surface area contributed by atoms with Gasteiger partial charge >= 0.3 is 30.8 Å². The first-order chi connectivity index (χ1) is 14.8. The molecule has 168 valence electrons. The summed E-state index contributed by atoms with van der Waals surface area (Å²) in [7, 11) is -5.01. The number of H-pyrrole nitrogens is 1. The summed E-state index contributed by atoms with van der Waals surface area (Å²) in [5, 5.41) is 27.8. The Balaban J connectivity index is 2.11. The van der Waals surface area contributed by atoms with Crippen LogP contribution in [0.5, 0.6) is 0 Å². The molecule has 0 saturated carbocycles. The summed E-state index contributed by atoms with van der Waals surface area (Å²) in [5.74, 6) is -6.91. The van der Waals surface area contributed by atoms with Gasteiger partial charge in [-0.15, -0.1) is 0 Å². The molecule has 5 atom stereocenters. The van der Waals surface area contributed by atoms with Crippen molar-refractivity contribution in [1.29, 1.82) is 0 Å². The van der Waals surface area contributed by atoms with E-state index in [1.54, 1.807) is 0 Å². The number of ether oxygens (including phenoxy) is 1. The minimum atomic E-state index is -5.01. The van der Waals surface area contributed by atoms with Crippen LogP contribution in [-0.2, 0) is 18.3 Å². The number of nitrogens with one attached hydrogen (secondary N) is 3. The highest BCUT2D eigenvalue weighted by atomic mass is 31.2. The van der Waals surface area contributed by atoms with Gasteiger partial charge in [-0.3, -0.25) is 29.6 Å². The van der Waals surface area contributed by atoms with Gasteiger partial charge in [-0.05, 0) is 23.1 Å². The highest BCUT2D eigenvalue weighted by Crippen LogP contribution is 2.66. The SMILES string of the molecule is C#[N+][C@@]12COP(=O)(O)O[C@]1(N=C)C(O)(O)[C@]1(N=C)Nc3c(nc(N)[nH]c3=O)N[C@]1([N+]#C)O2. The Morgan fingerprint density at radius 2 is 1.94 bits per heavy atom. The van der Waals surface area contributed by atoms with Gasteiger partial charge < -0.3 is 26.2 Å². The van der Waals surface area contributed by atoms with Crippen LogP contribution in [0.3, 0.4) is 0 Å². The van der Waals surface area contributed by atoms with Crippen LogP contribution >= 0.6 is 7.82 Å². The second-order valence-corrected chi connectivity index (χ2v) is 8.27. The number of aliphatic imine (C=N–C) groups is 2. The first-order valence-corrected chi connectivity index (χ1v) is 9.93. The molecule has 0 bridgehead atoms. The zero-order valence-electron chi connectivity index (χ0n) is 15.9. The molecule has 0 aromatic carbocycles. The van der Waals surface area contributed by atoms with E-state index in [9.17, 15) is 24.5 Å². The van der Waals surface area contributed by atoms with Crippen molar-refractivity contribution in [3.8, 4) is 13.1 Å². The number of fused-ring (bicyclic) bond motifs is 3. The van der Waals surface area contributed by atoms with Gasteiger partial charge in [-0.1, -0.05) is 0 Å². The zero-order valence-corrected chi connectivity index (χ0v) is 16.8. The number of nitrogens with two attached hydrogens (primary N) is 1. The molecule has 2 saturated heterocycles. The zero-order chi connectivity index (χ0) is 23.8. The molecular formula is C14H16N9O8P+2. The summed E-state index contributed by atoms with van der Waals surface area (Å²) in [4.78, 5) is 42.5. The Bertz CT molecular complexity index is 1250. The third-order valence-corrected chi connectivity index (χ3v) is 6.32. The van der Waals surface area contributed by atoms with Gasteiger partial charge in [0.05, 0.1) is 0 Å². The molecule has 0 spiro atoms. The van der Waals surface area contributed by atoms with Crippen LogP contribution < -0.4 is 21.9 Å². The van der Waals surface area contributed by atoms with E-state index >= 15 is 0 Å². The van der Waals surface area contributed by atoms with Gasteiger partial charge in [0.25, 0.3) is 24.5 Å². The summed E-state index contributed by atoms with van der Waals surface area (Å²) in [5.41, 5.74) is -4.35. The standard InChI is InChI=1S/C14H14N9O8P/c1-16-10-5-29-32(27,28)31-12(10,18-3)13(25,26)11(17-2)14(19-4,30-10)23-7-6(22-11)8(24)21-9(15)20-7/h1,4,22,25-26H,2-3,5H2,(H3-2,15,20,21,23,24,27,28)/p+2/t10-,11+,12+,14+/m1/s1. The predicted molar refractivity (Wildman–Crippen MR) is 108 cm³/mol. The molecule has 1 unspecified atom stereocenters. The number of aliphatic hydroxyl groups is 2. The topological polar surface area (TPSA) is 235 Å². The Labute approximate surface area is 177 Å². The molecule has 0 amide bonds. The number of anilines is 3. The number of aromatic amines is 1. The molecule has 32 heavy (non-hydrogen) atoms. The van der Waals surface area contributed by atoms with E-state index in [1.165, 1.54) is 0 Å². The molecule has 17 nitrogen and oxygen atoms in total. The second-order valence-electron chi connectivity index (χ2n) is 6.89. The lowest BCUT2D eigenvalue weighted by atomic mass is 9.75. The number of rotatable bonds is 2. The molecule has 8 N–H and O–H groups in total. The van der Waals surface area contributed by atoms with Crippen molar-refractivity contribution in [1.82, 2.24) is 9.97 Å². The number of hydrogen-bond acceptors (Lipinski definition) is 13. The normalized spacial score (nSPS) is 41.2. The van der Waals surface area contributed by atoms with Crippen molar-refractivity contribution < 1.29 is 33.5 Å². The Morgan fingerprint density at radius 1 is 1.25 bits per heavy atom. The monoisotopic (exact) mass is 469 g/mol. The van der Waals surface area contributed by atoms with Gasteiger partial charge in [-0.2, -0.15) is 9.72 Å². The second kappa shape index (κ2) is 6.09. The summed E-state index contributed by atoms with van der Waals surface area (Å²) in [6.07, 6.45) is 0. The Kier molecular flexibility index (Phi) is 4.15. The summed E-state index contributed by atoms with van der Waals surface area (Å²) in [6.45, 7) is 16.5. The molecule has 0 radical (unpaired) electrons. The van der Waals surface area contributed by atoms with E-state index in [0.29, 0.717) is 0 Å². The quantitative estimate of drug-likeness (QED) is 0.143. The first-order valence-electron chi connectivity index (χ1n) is 8.43. The van der Waals surface area contributed by atoms with Crippen molar-refractivity contribution in [3.05, 3.63) is 20.0 Å². The highest BCUT2D eigenvalue weighted by molar-refractivity contribution is 7.47. The van der Waals surface area contributed by atoms with Crippen LogP contribution in [0.4, 0.5) is 17.5 Å². The fraction of sp³-hybridized carbons (Fsp3) is 0.429. The van der Waals surface area contributed by atoms with Crippen molar-refractivity contribution in [2.45, 2.75) is 28.7 Å². The van der Waals surface area contributed by atoms with Crippen LogP contribution in [0.1, 0.15) is 0 Å². The minimum Gasteiger partial charge on any atom is -0.369 e. The van der Waals surface area contributed by atoms with Gasteiger partial charge in [0.2, 0.25) is 5.95 Å². The van der Waals surface area contributed by atoms with Crippen LogP contribution in [0, 0.1) is 13.1 Å². The molecule has 3 aliphatic rings. The first kappa shape index (κ1) is 21.8. The fourth-order valence-corrected chi connectivity index (χ4v) is 4.97. The number of nitrogen functional groups attached to an aromatic ring is 1. The molecule has 3 aliphatic heterocycles. The molecule has 2 fully saturated rings. The lowest BCUT2D eigenvalue weighted by Gasteiger charge is -2.57. The van der Waals surface area contributed by atoms with Crippen LogP contribution in [0.25, 0.3) is 9.69 Å². The number of hydrogen-bond donors (Lipinski definition) is 7. The van der Waals surface area contributed by atoms with Crippen LogP contribution in [-0.4, -0.2) is 73.9 Å². The molecule has 4 rings (SSSR count). The van der Waals surface area contributed by atoms with Crippen LogP contribution in [0.15, 0.2) is 14.8 Å². The molecular weight excluding hydrogens is 453 g/mol. The van der Waals surface area contributed by atoms with E-state index < -0.39 is 54.4 Å². The van der Waals surface area contributed by atoms with E-state index in [-0.39, 0.29) is 11.8 Å². The van der Waals surface area contributed by atoms with Gasteiger partial charge in [0.1, 0.15) is 5.69 Å². The third-order valence-electron chi connectivity index (χ3n) is 5.37. The average molecular weight is 469 g/mol. The number of phosphoric ester groups is 1. The minimum absolute atomic E-state index is 0.313. The average Bonchev–Trinajstić information content (AvgIpc) is 2.73. The van der Waals surface area contributed by atoms with Crippen molar-refractivity contribution in [2.24, 2.45) is 9.98 Å². The Morgan fingerprint density at radius 3 is 2.50 bits per heavy atom. The maximum Gasteiger partial charge on any atom is 0.523 e. The Hall–Kier alpha value is -3.41. The number of nitrogens with zero attached hydrogens (tertiary/aromatic N) is 5. The van der Waals surface area contributed by atoms with E-state index in [0.717, 1.165) is 0 Å². The van der Waals surface area contributed by atoms with Crippen molar-refractivity contribution >= 4 is 38.7 Å². The molecule has 18 heteroatoms. The lowest BCUT2D eigenvalue weighted by molar-refractivity contribution is -0.412. The fourth-order valence-electron chi connectivity index (χ4n) is 3.91. The van der Waals surface area contributed by atoms with E-state index in [2.05, 4.69) is 53.7 Å². The lowest BCUT2D eigenvalue weighted by Crippen LogP contribution is -2.90. The number of aromatic nitrogens is 2. The summed E-state index contributed by atoms with van der Waals surface area (Å²) < 4.78 is 27.7. The summed E-state index contributed by atoms with van der Waals surface area (Å²) in [6, 6.07) is 0. The molecule has 1 aromatic rings. The third kappa shape index (κ3) is 2.17. The number of phosphoric acid groups is 1. The highest BCUT2D eigenvalue weighted by Gasteiger charge is 2.97. The van der Waals surface area contributed by atoms with E-state index in [4.69, 9.17) is 32.7 Å². The maximum absolute atomic E-state index is 12.5. The largest absolute Gasteiger partial charge is 0.523 e. The summed E-state index contributed by atoms with van der Waals surface area (Å²) >= 11 is 0. The van der Waals surface area contributed by atoms with Crippen molar-refractivity contribution in [2.75, 3.05) is 23.0 Å². The molecule has 0 aliphatic carbocycles. The van der Waals surface area contributed by atoms with Crippen LogP contribution in [0.2, 0.25) is 0 Å². The maximum atomic E-state index is 12.5. The van der Waals surface area contributed by atoms with E-state index in [1.807, 2.05) is 0 Å². The molecule has 4 heterocycles. The van der Waals surface area contributed by atoms with Gasteiger partial charge in [0, 0.05) is 0 Å². The predicted octanol–water partition coefficient (Wildman–Crippen LogP) is -1.88.